The van der Waals surface area contributed by atoms with Crippen LogP contribution in [0.4, 0.5) is 0 Å². The molecule has 3 aliphatic rings. The lowest BCUT2D eigenvalue weighted by molar-refractivity contribution is -0.354. The number of ketones is 1. The van der Waals surface area contributed by atoms with Gasteiger partial charge in [0.15, 0.2) is 29.7 Å². The summed E-state index contributed by atoms with van der Waals surface area (Å²) in [6.45, 7) is 0.699. The lowest BCUT2D eigenvalue weighted by Gasteiger charge is -2.45. The quantitative estimate of drug-likeness (QED) is 0.185. The van der Waals surface area contributed by atoms with Crippen molar-refractivity contribution in [1.82, 2.24) is 0 Å². The smallest absolute Gasteiger partial charge is 0.229 e. The Morgan fingerprint density at radius 1 is 0.884 bits per heavy atom. The largest absolute Gasteiger partial charge is 0.507 e. The van der Waals surface area contributed by atoms with Crippen LogP contribution >= 0.6 is 0 Å². The summed E-state index contributed by atoms with van der Waals surface area (Å²) in [5, 5.41) is 82.4. The predicted molar refractivity (Wildman–Crippen MR) is 141 cm³/mol. The molecule has 0 bridgehead atoms. The van der Waals surface area contributed by atoms with Gasteiger partial charge in [-0.15, -0.1) is 0 Å². The minimum Gasteiger partial charge on any atom is -0.507 e. The van der Waals surface area contributed by atoms with Gasteiger partial charge in [0.05, 0.1) is 26.2 Å². The number of aliphatic hydroxyl groups excluding tert-OH is 6. The minimum absolute atomic E-state index is 0.0592. The van der Waals surface area contributed by atoms with Crippen LogP contribution in [0.1, 0.15) is 35.4 Å². The van der Waals surface area contributed by atoms with Gasteiger partial charge >= 0.3 is 0 Å². The third kappa shape index (κ3) is 5.95. The summed E-state index contributed by atoms with van der Waals surface area (Å²) in [4.78, 5) is 13.0. The fraction of sp³-hybridized carbons (Fsp3) is 0.536. The number of Topliss-reactive ketones (excluding diaryl/α,β-unsaturated/α-hetero) is 1. The predicted octanol–water partition coefficient (Wildman–Crippen LogP) is -1.16. The highest BCUT2D eigenvalue weighted by Gasteiger charge is 2.51. The van der Waals surface area contributed by atoms with E-state index in [4.69, 9.17) is 28.4 Å². The summed E-state index contributed by atoms with van der Waals surface area (Å²) in [7, 11) is 1.39. The number of aromatic hydroxyl groups is 2. The van der Waals surface area contributed by atoms with Crippen molar-refractivity contribution in [3.05, 3.63) is 41.5 Å². The van der Waals surface area contributed by atoms with E-state index < -0.39 is 85.7 Å². The van der Waals surface area contributed by atoms with E-state index in [9.17, 15) is 45.6 Å². The van der Waals surface area contributed by atoms with E-state index in [2.05, 4.69) is 0 Å². The van der Waals surface area contributed by atoms with Crippen LogP contribution in [0.3, 0.4) is 0 Å². The number of methoxy groups -OCH3 is 1. The molecule has 3 aliphatic heterocycles. The van der Waals surface area contributed by atoms with Crippen molar-refractivity contribution in [3.63, 3.8) is 0 Å². The van der Waals surface area contributed by atoms with Gasteiger partial charge in [0.1, 0.15) is 65.5 Å². The van der Waals surface area contributed by atoms with Crippen molar-refractivity contribution in [2.45, 2.75) is 80.9 Å². The molecule has 2 aromatic carbocycles. The third-order valence-corrected chi connectivity index (χ3v) is 7.72. The SMILES string of the molecule is COc1ccc([C@@H]2CC(=O)c3c(O)cc(O[C@H]4O[C@@H](CO)[C@@H](O)[C@@H](O)[C@H]4O[C@@H]4O[C@@H](C)[C@@H](O)[C@H](O)[C@@H]4O)cc3O2)cc1O. The van der Waals surface area contributed by atoms with Crippen LogP contribution in [0.15, 0.2) is 30.3 Å². The number of fused-ring (bicyclic) bond motifs is 1. The Morgan fingerprint density at radius 2 is 1.63 bits per heavy atom. The number of phenols is 2. The van der Waals surface area contributed by atoms with E-state index in [-0.39, 0.29) is 35.0 Å². The van der Waals surface area contributed by atoms with Crippen molar-refractivity contribution in [2.75, 3.05) is 13.7 Å². The van der Waals surface area contributed by atoms with E-state index in [1.165, 1.54) is 32.2 Å². The molecule has 0 amide bonds. The zero-order valence-electron chi connectivity index (χ0n) is 23.1. The maximum absolute atomic E-state index is 13.0. The number of ether oxygens (including phenoxy) is 6. The van der Waals surface area contributed by atoms with E-state index in [0.717, 1.165) is 6.07 Å². The van der Waals surface area contributed by atoms with Gasteiger partial charge in [0, 0.05) is 12.1 Å². The highest BCUT2D eigenvalue weighted by Crippen LogP contribution is 2.43. The number of rotatable bonds is 7. The van der Waals surface area contributed by atoms with Gasteiger partial charge in [-0.05, 0) is 24.6 Å². The topological polar surface area (TPSA) is 234 Å². The Labute approximate surface area is 245 Å². The molecule has 11 atom stereocenters. The molecular formula is C28H34O15. The number of phenolic OH excluding ortho intramolecular Hbond substituents is 2. The highest BCUT2D eigenvalue weighted by molar-refractivity contribution is 6.02. The number of carbonyl (C=O) groups excluding carboxylic acids is 1. The first-order chi connectivity index (χ1) is 20.4. The van der Waals surface area contributed by atoms with Gasteiger partial charge in [-0.3, -0.25) is 4.79 Å². The zero-order chi connectivity index (χ0) is 31.2. The molecule has 2 aromatic rings. The molecule has 8 N–H and O–H groups in total. The molecule has 0 aromatic heterocycles. The van der Waals surface area contributed by atoms with E-state index >= 15 is 0 Å². The van der Waals surface area contributed by atoms with E-state index in [0.29, 0.717) is 5.56 Å². The van der Waals surface area contributed by atoms with Gasteiger partial charge in [-0.2, -0.15) is 0 Å². The number of aliphatic hydroxyl groups is 6. The summed E-state index contributed by atoms with van der Waals surface area (Å²) in [6.07, 6.45) is -16.3. The maximum Gasteiger partial charge on any atom is 0.229 e. The monoisotopic (exact) mass is 610 g/mol. The van der Waals surface area contributed by atoms with Gasteiger partial charge in [-0.25, -0.2) is 0 Å². The third-order valence-electron chi connectivity index (χ3n) is 7.72. The molecule has 15 nitrogen and oxygen atoms in total. The second kappa shape index (κ2) is 12.4. The fourth-order valence-electron chi connectivity index (χ4n) is 5.29. The molecule has 0 aliphatic carbocycles. The summed E-state index contributed by atoms with van der Waals surface area (Å²) >= 11 is 0. The molecule has 2 saturated heterocycles. The molecule has 2 fully saturated rings. The Morgan fingerprint density at radius 3 is 2.30 bits per heavy atom. The average molecular weight is 611 g/mol. The van der Waals surface area contributed by atoms with Crippen molar-refractivity contribution in [2.24, 2.45) is 0 Å². The molecule has 43 heavy (non-hydrogen) atoms. The standard InChI is InChI=1S/C28H34O15/c1-10-21(33)23(35)25(37)27(39-10)43-26-24(36)22(34)19(9-29)42-28(26)40-12-6-14(31)20-15(32)8-17(41-18(20)7-12)11-3-4-16(38-2)13(30)5-11/h3-7,10,17,19,21-31,33-37H,8-9H2,1-2H3/t10-,17-,19-,21+,22+,23-,24+,25-,26+,27-,28-/m0/s1. The van der Waals surface area contributed by atoms with Crippen molar-refractivity contribution in [1.29, 1.82) is 0 Å². The number of hydrogen-bond donors (Lipinski definition) is 8. The van der Waals surface area contributed by atoms with Gasteiger partial charge < -0.3 is 69.3 Å². The molecular weight excluding hydrogens is 576 g/mol. The summed E-state index contributed by atoms with van der Waals surface area (Å²) in [6, 6.07) is 6.89. The van der Waals surface area contributed by atoms with Crippen LogP contribution in [-0.4, -0.2) is 122 Å². The molecule has 0 spiro atoms. The molecule has 236 valence electrons. The fourth-order valence-corrected chi connectivity index (χ4v) is 5.29. The molecule has 0 radical (unpaired) electrons. The first-order valence-corrected chi connectivity index (χ1v) is 13.5. The van der Waals surface area contributed by atoms with Crippen LogP contribution in [0.5, 0.6) is 28.7 Å². The minimum atomic E-state index is -1.76. The van der Waals surface area contributed by atoms with E-state index in [1.54, 1.807) is 6.07 Å². The van der Waals surface area contributed by atoms with Crippen LogP contribution in [0.25, 0.3) is 0 Å². The number of hydrogen-bond acceptors (Lipinski definition) is 15. The molecule has 5 rings (SSSR count). The Kier molecular flexibility index (Phi) is 8.99. The van der Waals surface area contributed by atoms with E-state index in [1.807, 2.05) is 0 Å². The number of carbonyl (C=O) groups is 1. The van der Waals surface area contributed by atoms with Gasteiger partial charge in [0.2, 0.25) is 6.29 Å². The van der Waals surface area contributed by atoms with Gasteiger partial charge in [-0.1, -0.05) is 6.07 Å². The second-order valence-electron chi connectivity index (χ2n) is 10.6. The zero-order valence-corrected chi connectivity index (χ0v) is 23.1. The van der Waals surface area contributed by atoms with Crippen LogP contribution in [0.2, 0.25) is 0 Å². The Balaban J connectivity index is 1.41. The van der Waals surface area contributed by atoms with Crippen LogP contribution < -0.4 is 14.2 Å². The Hall–Kier alpha value is -3.25. The van der Waals surface area contributed by atoms with Gasteiger partial charge in [0.25, 0.3) is 0 Å². The maximum atomic E-state index is 13.0. The number of benzene rings is 2. The normalized spacial score (nSPS) is 36.0. The lowest BCUT2D eigenvalue weighted by atomic mass is 9.95. The molecule has 0 unspecified atom stereocenters. The molecule has 15 heteroatoms. The first-order valence-electron chi connectivity index (χ1n) is 13.5. The van der Waals surface area contributed by atoms with Crippen LogP contribution in [-0.2, 0) is 14.2 Å². The lowest BCUT2D eigenvalue weighted by Crippen LogP contribution is -2.64. The van der Waals surface area contributed by atoms with Crippen molar-refractivity contribution < 1.29 is 74.1 Å². The Bertz CT molecular complexity index is 1320. The van der Waals surface area contributed by atoms with Crippen molar-refractivity contribution in [3.8, 4) is 28.7 Å². The highest BCUT2D eigenvalue weighted by atomic mass is 16.8. The molecule has 3 heterocycles. The summed E-state index contributed by atoms with van der Waals surface area (Å²) in [5.74, 6) is -1.06. The summed E-state index contributed by atoms with van der Waals surface area (Å²) < 4.78 is 33.7. The summed E-state index contributed by atoms with van der Waals surface area (Å²) in [5.41, 5.74) is 0.352. The molecule has 0 saturated carbocycles. The second-order valence-corrected chi connectivity index (χ2v) is 10.6. The van der Waals surface area contributed by atoms with Crippen molar-refractivity contribution >= 4 is 5.78 Å². The average Bonchev–Trinajstić information content (AvgIpc) is 2.97. The van der Waals surface area contributed by atoms with Crippen LogP contribution in [0, 0.1) is 0 Å². The first kappa shape index (κ1) is 31.2.